The Kier molecular flexibility index (Phi) is 5.73. The van der Waals surface area contributed by atoms with E-state index in [2.05, 4.69) is 10.3 Å². The van der Waals surface area contributed by atoms with E-state index in [1.54, 1.807) is 0 Å². The average Bonchev–Trinajstić information content (AvgIpc) is 2.86. The van der Waals surface area contributed by atoms with Crippen molar-refractivity contribution >= 4 is 22.8 Å². The van der Waals surface area contributed by atoms with Crippen molar-refractivity contribution < 1.29 is 9.59 Å². The van der Waals surface area contributed by atoms with Gasteiger partial charge in [-0.2, -0.15) is 0 Å². The standard InChI is InChI=1S/C17H24N4O2/c1-4-20(5-2)17(23)12-21-15-9-7-6-8-14(15)19-16(21)10-11-18-13(3)22/h6-9H,4-5,10-12H2,1-3H3,(H,18,22). The average molecular weight is 316 g/mol. The van der Waals surface area contributed by atoms with E-state index in [9.17, 15) is 9.59 Å². The SMILES string of the molecule is CCN(CC)C(=O)Cn1c(CCNC(C)=O)nc2ccccc21. The Balaban J connectivity index is 2.27. The van der Waals surface area contributed by atoms with Gasteiger partial charge in [0.1, 0.15) is 12.4 Å². The van der Waals surface area contributed by atoms with Crippen molar-refractivity contribution in [3.05, 3.63) is 30.1 Å². The third-order valence-corrected chi connectivity index (χ3v) is 3.87. The molecule has 0 aliphatic heterocycles. The van der Waals surface area contributed by atoms with Crippen LogP contribution in [0.15, 0.2) is 24.3 Å². The summed E-state index contributed by atoms with van der Waals surface area (Å²) in [6.07, 6.45) is 0.597. The molecular formula is C17H24N4O2. The minimum absolute atomic E-state index is 0.0631. The Hall–Kier alpha value is -2.37. The van der Waals surface area contributed by atoms with E-state index in [1.807, 2.05) is 47.6 Å². The molecule has 0 saturated heterocycles. The summed E-state index contributed by atoms with van der Waals surface area (Å²) in [6, 6.07) is 7.79. The summed E-state index contributed by atoms with van der Waals surface area (Å²) < 4.78 is 1.96. The van der Waals surface area contributed by atoms with Crippen LogP contribution in [0.1, 0.15) is 26.6 Å². The maximum atomic E-state index is 12.5. The van der Waals surface area contributed by atoms with Crippen LogP contribution in [0.2, 0.25) is 0 Å². The lowest BCUT2D eigenvalue weighted by Crippen LogP contribution is -2.34. The first-order chi connectivity index (χ1) is 11.1. The van der Waals surface area contributed by atoms with Crippen molar-refractivity contribution in [1.82, 2.24) is 19.8 Å². The highest BCUT2D eigenvalue weighted by Gasteiger charge is 2.16. The van der Waals surface area contributed by atoms with E-state index in [0.717, 1.165) is 16.9 Å². The molecule has 0 aliphatic carbocycles. The summed E-state index contributed by atoms with van der Waals surface area (Å²) in [5, 5.41) is 2.78. The predicted molar refractivity (Wildman–Crippen MR) is 90.0 cm³/mol. The van der Waals surface area contributed by atoms with Crippen molar-refractivity contribution in [3.8, 4) is 0 Å². The number of benzene rings is 1. The number of hydrogen-bond acceptors (Lipinski definition) is 3. The zero-order valence-electron chi connectivity index (χ0n) is 14.0. The summed E-state index contributed by atoms with van der Waals surface area (Å²) in [7, 11) is 0. The number of nitrogens with one attached hydrogen (secondary N) is 1. The number of para-hydroxylation sites is 2. The Labute approximate surface area is 136 Å². The smallest absolute Gasteiger partial charge is 0.242 e. The third-order valence-electron chi connectivity index (χ3n) is 3.87. The van der Waals surface area contributed by atoms with Crippen LogP contribution in [0.3, 0.4) is 0 Å². The molecule has 1 N–H and O–H groups in total. The first kappa shape index (κ1) is 17.0. The molecule has 124 valence electrons. The summed E-state index contributed by atoms with van der Waals surface area (Å²) in [5.41, 5.74) is 1.82. The van der Waals surface area contributed by atoms with E-state index in [-0.39, 0.29) is 18.4 Å². The van der Waals surface area contributed by atoms with Crippen molar-refractivity contribution in [2.45, 2.75) is 33.7 Å². The Bertz CT molecular complexity index is 689. The lowest BCUT2D eigenvalue weighted by molar-refractivity contribution is -0.131. The van der Waals surface area contributed by atoms with Gasteiger partial charge in [0.2, 0.25) is 11.8 Å². The molecule has 0 saturated carbocycles. The largest absolute Gasteiger partial charge is 0.356 e. The molecule has 1 aromatic heterocycles. The van der Waals surface area contributed by atoms with Gasteiger partial charge in [0.05, 0.1) is 11.0 Å². The maximum Gasteiger partial charge on any atom is 0.242 e. The number of likely N-dealkylation sites (N-methyl/N-ethyl adjacent to an activating group) is 1. The number of hydrogen-bond donors (Lipinski definition) is 1. The van der Waals surface area contributed by atoms with Crippen LogP contribution in [0.4, 0.5) is 0 Å². The van der Waals surface area contributed by atoms with Crippen LogP contribution in [0.25, 0.3) is 11.0 Å². The number of amides is 2. The number of carbonyl (C=O) groups excluding carboxylic acids is 2. The summed E-state index contributed by atoms with van der Waals surface area (Å²) >= 11 is 0. The molecule has 0 spiro atoms. The maximum absolute atomic E-state index is 12.5. The molecule has 0 bridgehead atoms. The van der Waals surface area contributed by atoms with Crippen LogP contribution in [0.5, 0.6) is 0 Å². The highest BCUT2D eigenvalue weighted by Crippen LogP contribution is 2.16. The molecule has 1 aromatic carbocycles. The van der Waals surface area contributed by atoms with Crippen LogP contribution in [-0.4, -0.2) is 45.9 Å². The molecule has 2 amide bonds. The van der Waals surface area contributed by atoms with Gasteiger partial charge < -0.3 is 14.8 Å². The lowest BCUT2D eigenvalue weighted by Gasteiger charge is -2.20. The van der Waals surface area contributed by atoms with Crippen molar-refractivity contribution in [1.29, 1.82) is 0 Å². The molecule has 6 heteroatoms. The fourth-order valence-corrected chi connectivity index (χ4v) is 2.65. The van der Waals surface area contributed by atoms with Crippen molar-refractivity contribution in [2.75, 3.05) is 19.6 Å². The van der Waals surface area contributed by atoms with Gasteiger partial charge in [0, 0.05) is 33.0 Å². The first-order valence-electron chi connectivity index (χ1n) is 8.03. The van der Waals surface area contributed by atoms with Crippen LogP contribution >= 0.6 is 0 Å². The molecule has 0 atom stereocenters. The highest BCUT2D eigenvalue weighted by atomic mass is 16.2. The predicted octanol–water partition coefficient (Wildman–Crippen LogP) is 1.58. The monoisotopic (exact) mass is 316 g/mol. The molecule has 0 fully saturated rings. The van der Waals surface area contributed by atoms with Crippen LogP contribution in [-0.2, 0) is 22.6 Å². The molecule has 0 unspecified atom stereocenters. The van der Waals surface area contributed by atoms with Crippen molar-refractivity contribution in [2.24, 2.45) is 0 Å². The van der Waals surface area contributed by atoms with Gasteiger partial charge in [0.15, 0.2) is 0 Å². The summed E-state index contributed by atoms with van der Waals surface area (Å²) in [4.78, 5) is 29.9. The number of imidazole rings is 1. The van der Waals surface area contributed by atoms with Gasteiger partial charge in [-0.15, -0.1) is 0 Å². The molecule has 2 rings (SSSR count). The van der Waals surface area contributed by atoms with E-state index in [4.69, 9.17) is 0 Å². The van der Waals surface area contributed by atoms with Gasteiger partial charge in [-0.3, -0.25) is 9.59 Å². The molecule has 23 heavy (non-hydrogen) atoms. The number of aromatic nitrogens is 2. The summed E-state index contributed by atoms with van der Waals surface area (Å²) in [6.45, 7) is 7.63. The zero-order valence-corrected chi connectivity index (χ0v) is 14.0. The second kappa shape index (κ2) is 7.76. The molecule has 0 aliphatic rings. The molecule has 0 radical (unpaired) electrons. The number of rotatable bonds is 7. The first-order valence-corrected chi connectivity index (χ1v) is 8.03. The van der Waals surface area contributed by atoms with Gasteiger partial charge in [0.25, 0.3) is 0 Å². The van der Waals surface area contributed by atoms with Crippen LogP contribution < -0.4 is 5.32 Å². The topological polar surface area (TPSA) is 67.2 Å². The normalized spacial score (nSPS) is 10.7. The minimum Gasteiger partial charge on any atom is -0.356 e. The third kappa shape index (κ3) is 4.09. The van der Waals surface area contributed by atoms with Gasteiger partial charge in [-0.05, 0) is 26.0 Å². The minimum atomic E-state index is -0.0631. The number of fused-ring (bicyclic) bond motifs is 1. The van der Waals surface area contributed by atoms with E-state index >= 15 is 0 Å². The fraction of sp³-hybridized carbons (Fsp3) is 0.471. The lowest BCUT2D eigenvalue weighted by atomic mass is 10.3. The van der Waals surface area contributed by atoms with Crippen LogP contribution in [0, 0.1) is 0 Å². The van der Waals surface area contributed by atoms with E-state index in [1.165, 1.54) is 6.92 Å². The summed E-state index contributed by atoms with van der Waals surface area (Å²) in [5.74, 6) is 0.839. The van der Waals surface area contributed by atoms with Crippen molar-refractivity contribution in [3.63, 3.8) is 0 Å². The van der Waals surface area contributed by atoms with Gasteiger partial charge in [-0.1, -0.05) is 12.1 Å². The van der Waals surface area contributed by atoms with E-state index < -0.39 is 0 Å². The fourth-order valence-electron chi connectivity index (χ4n) is 2.65. The molecule has 6 nitrogen and oxygen atoms in total. The highest BCUT2D eigenvalue weighted by molar-refractivity contribution is 5.81. The molecule has 2 aromatic rings. The molecule has 1 heterocycles. The Morgan fingerprint density at radius 1 is 1.22 bits per heavy atom. The molecular weight excluding hydrogens is 292 g/mol. The second-order valence-corrected chi connectivity index (χ2v) is 5.40. The zero-order chi connectivity index (χ0) is 16.8. The van der Waals surface area contributed by atoms with E-state index in [0.29, 0.717) is 26.1 Å². The number of carbonyl (C=O) groups is 2. The quantitative estimate of drug-likeness (QED) is 0.843. The Morgan fingerprint density at radius 3 is 2.57 bits per heavy atom. The van der Waals surface area contributed by atoms with Gasteiger partial charge >= 0.3 is 0 Å². The number of nitrogens with zero attached hydrogens (tertiary/aromatic N) is 3. The van der Waals surface area contributed by atoms with Gasteiger partial charge in [-0.25, -0.2) is 4.98 Å². The Morgan fingerprint density at radius 2 is 1.91 bits per heavy atom. The second-order valence-electron chi connectivity index (χ2n) is 5.40.